The second kappa shape index (κ2) is 11.0. The first kappa shape index (κ1) is 28.6. The van der Waals surface area contributed by atoms with Gasteiger partial charge in [-0.15, -0.1) is 6.58 Å². The standard InChI is InChI=1S/C29H39ClN2O6/c1-6-16-31(20-12-10-19(30)11-13-20)26(35)24-29-15-14-28(8-3,38-29)23(27(36)37-9-4)22(29)25(34)32(24)21(17-33)18(5)7-2/h6,10-13,18,21-24,33H,1,7-9,14-17H2,2-5H3/t18-,21-,22-,23-,24?,28+,29?/m0/s1. The SMILES string of the molecule is C=CCN(C(=O)C1N([C@@H](CO)[C@@H](C)CC)C(=O)[C@@H]2[C@@H](C(=O)OCC)[C@@]3(CC)CCC12O3)c1ccc(Cl)cc1. The van der Waals surface area contributed by atoms with Crippen molar-refractivity contribution in [3.8, 4) is 0 Å². The lowest BCUT2D eigenvalue weighted by Crippen LogP contribution is -2.60. The summed E-state index contributed by atoms with van der Waals surface area (Å²) in [6.45, 7) is 11.5. The minimum Gasteiger partial charge on any atom is -0.466 e. The average Bonchev–Trinajstić information content (AvgIpc) is 3.52. The fourth-order valence-electron chi connectivity index (χ4n) is 6.92. The predicted molar refractivity (Wildman–Crippen MR) is 145 cm³/mol. The Kier molecular flexibility index (Phi) is 8.26. The van der Waals surface area contributed by atoms with Crippen molar-refractivity contribution in [2.75, 3.05) is 24.7 Å². The van der Waals surface area contributed by atoms with E-state index in [1.165, 1.54) is 4.90 Å². The lowest BCUT2D eigenvalue weighted by molar-refractivity contribution is -0.162. The number of aliphatic hydroxyl groups excluding tert-OH is 1. The number of carbonyl (C=O) groups is 3. The van der Waals surface area contributed by atoms with Gasteiger partial charge < -0.3 is 24.4 Å². The molecule has 7 atom stereocenters. The third kappa shape index (κ3) is 4.25. The lowest BCUT2D eigenvalue weighted by Gasteiger charge is -2.41. The Morgan fingerprint density at radius 3 is 2.53 bits per heavy atom. The van der Waals surface area contributed by atoms with E-state index >= 15 is 0 Å². The Labute approximate surface area is 229 Å². The minimum atomic E-state index is -1.20. The highest BCUT2D eigenvalue weighted by Gasteiger charge is 2.79. The van der Waals surface area contributed by atoms with Crippen LogP contribution in [-0.2, 0) is 23.9 Å². The summed E-state index contributed by atoms with van der Waals surface area (Å²) in [6.07, 6.45) is 3.85. The quantitative estimate of drug-likeness (QED) is 0.333. The molecular formula is C29H39ClN2O6. The summed E-state index contributed by atoms with van der Waals surface area (Å²) in [4.78, 5) is 45.4. The van der Waals surface area contributed by atoms with Gasteiger partial charge in [-0.05, 0) is 56.4 Å². The highest BCUT2D eigenvalue weighted by atomic mass is 35.5. The zero-order valence-corrected chi connectivity index (χ0v) is 23.4. The number of benzene rings is 1. The van der Waals surface area contributed by atoms with E-state index in [9.17, 15) is 19.5 Å². The summed E-state index contributed by atoms with van der Waals surface area (Å²) >= 11 is 6.11. The van der Waals surface area contributed by atoms with E-state index in [0.29, 0.717) is 36.4 Å². The van der Waals surface area contributed by atoms with Crippen molar-refractivity contribution in [2.45, 2.75) is 76.7 Å². The van der Waals surface area contributed by atoms with E-state index in [4.69, 9.17) is 21.1 Å². The van der Waals surface area contributed by atoms with E-state index in [0.717, 1.165) is 0 Å². The van der Waals surface area contributed by atoms with Gasteiger partial charge in [0.1, 0.15) is 17.6 Å². The first-order valence-corrected chi connectivity index (χ1v) is 14.0. The van der Waals surface area contributed by atoms with Crippen LogP contribution in [0.3, 0.4) is 0 Å². The molecule has 2 unspecified atom stereocenters. The van der Waals surface area contributed by atoms with Crippen LogP contribution in [0.2, 0.25) is 5.02 Å². The molecule has 38 heavy (non-hydrogen) atoms. The predicted octanol–water partition coefficient (Wildman–Crippen LogP) is 3.98. The fourth-order valence-corrected chi connectivity index (χ4v) is 7.04. The third-order valence-corrected chi connectivity index (χ3v) is 9.21. The van der Waals surface area contributed by atoms with Gasteiger partial charge in [-0.1, -0.05) is 44.9 Å². The summed E-state index contributed by atoms with van der Waals surface area (Å²) in [6, 6.07) is 5.28. The molecular weight excluding hydrogens is 508 g/mol. The molecule has 208 valence electrons. The number of fused-ring (bicyclic) bond motifs is 1. The molecule has 0 aromatic heterocycles. The number of aliphatic hydroxyl groups is 1. The third-order valence-electron chi connectivity index (χ3n) is 8.95. The van der Waals surface area contributed by atoms with Crippen molar-refractivity contribution in [2.24, 2.45) is 17.8 Å². The summed E-state index contributed by atoms with van der Waals surface area (Å²) in [5, 5.41) is 11.0. The van der Waals surface area contributed by atoms with Gasteiger partial charge in [-0.25, -0.2) is 0 Å². The fraction of sp³-hybridized carbons (Fsp3) is 0.621. The number of anilines is 1. The molecule has 3 aliphatic rings. The smallest absolute Gasteiger partial charge is 0.312 e. The maximum absolute atomic E-state index is 14.6. The van der Waals surface area contributed by atoms with Crippen molar-refractivity contribution < 1.29 is 29.0 Å². The van der Waals surface area contributed by atoms with Gasteiger partial charge >= 0.3 is 5.97 Å². The van der Waals surface area contributed by atoms with E-state index < -0.39 is 41.1 Å². The molecule has 2 bridgehead atoms. The molecule has 3 saturated heterocycles. The Morgan fingerprint density at radius 2 is 1.97 bits per heavy atom. The summed E-state index contributed by atoms with van der Waals surface area (Å²) in [5.74, 6) is -2.89. The molecule has 0 radical (unpaired) electrons. The van der Waals surface area contributed by atoms with Crippen LogP contribution in [-0.4, -0.2) is 70.8 Å². The number of carbonyl (C=O) groups excluding carboxylic acids is 3. The van der Waals surface area contributed by atoms with Crippen molar-refractivity contribution in [1.29, 1.82) is 0 Å². The van der Waals surface area contributed by atoms with Gasteiger partial charge in [-0.3, -0.25) is 14.4 Å². The Balaban J connectivity index is 1.88. The van der Waals surface area contributed by atoms with Gasteiger partial charge in [0, 0.05) is 17.3 Å². The van der Waals surface area contributed by atoms with E-state index in [1.54, 1.807) is 42.2 Å². The molecule has 4 rings (SSSR count). The maximum Gasteiger partial charge on any atom is 0.312 e. The van der Waals surface area contributed by atoms with Crippen molar-refractivity contribution in [3.05, 3.63) is 41.9 Å². The minimum absolute atomic E-state index is 0.0868. The topological polar surface area (TPSA) is 96.4 Å². The number of rotatable bonds is 11. The first-order chi connectivity index (χ1) is 18.2. The number of hydrogen-bond acceptors (Lipinski definition) is 6. The molecule has 1 N–H and O–H groups in total. The van der Waals surface area contributed by atoms with Crippen LogP contribution in [0, 0.1) is 17.8 Å². The van der Waals surface area contributed by atoms with E-state index in [2.05, 4.69) is 6.58 Å². The van der Waals surface area contributed by atoms with Gasteiger partial charge in [0.2, 0.25) is 5.91 Å². The number of amides is 2. The highest BCUT2D eigenvalue weighted by molar-refractivity contribution is 6.30. The van der Waals surface area contributed by atoms with Crippen LogP contribution >= 0.6 is 11.6 Å². The van der Waals surface area contributed by atoms with Crippen LogP contribution in [0.4, 0.5) is 5.69 Å². The molecule has 0 aliphatic carbocycles. The molecule has 1 aromatic rings. The van der Waals surface area contributed by atoms with Gasteiger partial charge in [0.05, 0.1) is 30.8 Å². The second-order valence-electron chi connectivity index (χ2n) is 10.7. The van der Waals surface area contributed by atoms with Gasteiger partial charge in [-0.2, -0.15) is 0 Å². The number of likely N-dealkylation sites (tertiary alicyclic amines) is 1. The number of esters is 1. The Hall–Kier alpha value is -2.42. The molecule has 1 spiro atoms. The number of ether oxygens (including phenoxy) is 2. The molecule has 8 nitrogen and oxygen atoms in total. The molecule has 3 fully saturated rings. The van der Waals surface area contributed by atoms with Crippen LogP contribution in [0.15, 0.2) is 36.9 Å². The second-order valence-corrected chi connectivity index (χ2v) is 11.1. The van der Waals surface area contributed by atoms with Gasteiger partial charge in [0.15, 0.2) is 0 Å². The number of nitrogens with zero attached hydrogens (tertiary/aromatic N) is 2. The summed E-state index contributed by atoms with van der Waals surface area (Å²) < 4.78 is 12.2. The Morgan fingerprint density at radius 1 is 1.29 bits per heavy atom. The molecule has 9 heteroatoms. The lowest BCUT2D eigenvalue weighted by atomic mass is 9.65. The largest absolute Gasteiger partial charge is 0.466 e. The van der Waals surface area contributed by atoms with Gasteiger partial charge in [0.25, 0.3) is 5.91 Å². The average molecular weight is 547 g/mol. The first-order valence-electron chi connectivity index (χ1n) is 13.6. The van der Waals surface area contributed by atoms with Crippen molar-refractivity contribution in [3.63, 3.8) is 0 Å². The van der Waals surface area contributed by atoms with Crippen molar-refractivity contribution >= 4 is 35.1 Å². The maximum atomic E-state index is 14.6. The van der Waals surface area contributed by atoms with Crippen LogP contribution in [0.25, 0.3) is 0 Å². The molecule has 3 heterocycles. The van der Waals surface area contributed by atoms with E-state index in [1.807, 2.05) is 20.8 Å². The molecule has 2 amide bonds. The van der Waals surface area contributed by atoms with Crippen LogP contribution in [0.1, 0.15) is 53.4 Å². The van der Waals surface area contributed by atoms with Crippen LogP contribution in [0.5, 0.6) is 0 Å². The highest BCUT2D eigenvalue weighted by Crippen LogP contribution is 2.65. The number of halogens is 1. The summed E-state index contributed by atoms with van der Waals surface area (Å²) in [5.41, 5.74) is -1.46. The molecule has 0 saturated carbocycles. The zero-order valence-electron chi connectivity index (χ0n) is 22.7. The normalized spacial score (nSPS) is 31.2. The molecule has 1 aromatic carbocycles. The zero-order chi connectivity index (χ0) is 27.8. The van der Waals surface area contributed by atoms with E-state index in [-0.39, 0.29) is 37.5 Å². The van der Waals surface area contributed by atoms with Crippen molar-refractivity contribution in [1.82, 2.24) is 4.90 Å². The molecule has 3 aliphatic heterocycles. The number of hydrogen-bond donors (Lipinski definition) is 1. The summed E-state index contributed by atoms with van der Waals surface area (Å²) in [7, 11) is 0. The Bertz CT molecular complexity index is 1080. The van der Waals surface area contributed by atoms with Crippen LogP contribution < -0.4 is 4.90 Å². The monoisotopic (exact) mass is 546 g/mol.